The predicted octanol–water partition coefficient (Wildman–Crippen LogP) is 2.88. The Kier molecular flexibility index (Phi) is 7.60. The van der Waals surface area contributed by atoms with Crippen LogP contribution < -0.4 is 0 Å². The zero-order valence-corrected chi connectivity index (χ0v) is 22.3. The maximum Gasteiger partial charge on any atom is 0.0863 e. The molecule has 6 nitrogen and oxygen atoms in total. The third-order valence-electron chi connectivity index (χ3n) is 11.4. The Morgan fingerprint density at radius 2 is 1.57 bits per heavy atom. The van der Waals surface area contributed by atoms with Gasteiger partial charge in [-0.05, 0) is 84.9 Å². The maximum atomic E-state index is 12.4. The summed E-state index contributed by atoms with van der Waals surface area (Å²) in [5.74, 6) is -0.200. The van der Waals surface area contributed by atoms with Crippen molar-refractivity contribution in [3.05, 3.63) is 12.2 Å². The van der Waals surface area contributed by atoms with Crippen LogP contribution in [0.5, 0.6) is 0 Å². The third-order valence-corrected chi connectivity index (χ3v) is 11.4. The molecule has 6 heteroatoms. The summed E-state index contributed by atoms with van der Waals surface area (Å²) in [6, 6.07) is 0. The van der Waals surface area contributed by atoms with Crippen LogP contribution in [0.3, 0.4) is 0 Å². The molecule has 35 heavy (non-hydrogen) atoms. The van der Waals surface area contributed by atoms with Crippen molar-refractivity contribution in [2.24, 2.45) is 52.3 Å². The van der Waals surface area contributed by atoms with Crippen LogP contribution in [-0.4, -0.2) is 67.3 Å². The van der Waals surface area contributed by atoms with Gasteiger partial charge in [-0.25, -0.2) is 0 Å². The molecular weight excluding hydrogens is 444 g/mol. The minimum Gasteiger partial charge on any atom is -0.396 e. The molecule has 0 spiro atoms. The molecule has 0 radical (unpaired) electrons. The fraction of sp³-hybridized carbons (Fsp3) is 0.931. The molecule has 0 amide bonds. The molecule has 4 saturated carbocycles. The van der Waals surface area contributed by atoms with Gasteiger partial charge >= 0.3 is 0 Å². The van der Waals surface area contributed by atoms with Gasteiger partial charge in [0.1, 0.15) is 0 Å². The third kappa shape index (κ3) is 4.24. The summed E-state index contributed by atoms with van der Waals surface area (Å²) in [4.78, 5) is 0. The molecule has 202 valence electrons. The van der Waals surface area contributed by atoms with Gasteiger partial charge in [-0.2, -0.15) is 0 Å². The van der Waals surface area contributed by atoms with Crippen molar-refractivity contribution >= 4 is 0 Å². The molecule has 4 aliphatic carbocycles. The minimum atomic E-state index is -1.25. The first-order valence-electron chi connectivity index (χ1n) is 14.0. The van der Waals surface area contributed by atoms with Crippen molar-refractivity contribution in [1.82, 2.24) is 0 Å². The van der Waals surface area contributed by atoms with Crippen LogP contribution in [0.4, 0.5) is 0 Å². The molecule has 4 fully saturated rings. The van der Waals surface area contributed by atoms with Crippen LogP contribution in [0.1, 0.15) is 79.6 Å². The van der Waals surface area contributed by atoms with Gasteiger partial charge in [0.2, 0.25) is 0 Å². The number of aliphatic hydroxyl groups excluding tert-OH is 5. The van der Waals surface area contributed by atoms with E-state index < -0.39 is 41.3 Å². The molecule has 5 unspecified atom stereocenters. The SMILES string of the molecule is CC(C)[C@@H](C=C[C@@H](C)[C@H]1C(O)C(O)[C@@H]2[C@]1(C)CC[C@H]1[C@@]2(O)CC(O)C2CC(O)CC[C@@]21C)CCO. The van der Waals surface area contributed by atoms with E-state index >= 15 is 0 Å². The highest BCUT2D eigenvalue weighted by Crippen LogP contribution is 2.69. The number of hydrogen-bond acceptors (Lipinski definition) is 6. The van der Waals surface area contributed by atoms with E-state index in [1.807, 2.05) is 0 Å². The Morgan fingerprint density at radius 3 is 2.20 bits per heavy atom. The van der Waals surface area contributed by atoms with Crippen molar-refractivity contribution in [1.29, 1.82) is 0 Å². The van der Waals surface area contributed by atoms with E-state index in [9.17, 15) is 30.6 Å². The highest BCUT2D eigenvalue weighted by Gasteiger charge is 2.72. The van der Waals surface area contributed by atoms with Crippen LogP contribution in [0, 0.1) is 52.3 Å². The van der Waals surface area contributed by atoms with Gasteiger partial charge in [0.15, 0.2) is 0 Å². The first kappa shape index (κ1) is 27.5. The standard InChI is InChI=1S/C29H50O6/c1-16(2)18(10-13-30)7-6-17(3)23-24(33)25(34)26-28(23,5)12-9-22-27(4)11-8-19(31)14-20(27)21(32)15-29(22,26)35/h6-7,16-26,30-35H,8-15H2,1-5H3/t17-,18+,19?,20?,21?,22-,23+,24?,25?,26-,27+,28-,29+/m1/s1. The average Bonchev–Trinajstić information content (AvgIpc) is 2.97. The van der Waals surface area contributed by atoms with Crippen molar-refractivity contribution < 1.29 is 30.6 Å². The first-order valence-corrected chi connectivity index (χ1v) is 14.0. The molecule has 4 aliphatic rings. The van der Waals surface area contributed by atoms with Crippen LogP contribution >= 0.6 is 0 Å². The summed E-state index contributed by atoms with van der Waals surface area (Å²) in [6.07, 6.45) is 5.66. The van der Waals surface area contributed by atoms with E-state index in [1.54, 1.807) is 0 Å². The zero-order chi connectivity index (χ0) is 25.9. The van der Waals surface area contributed by atoms with Gasteiger partial charge in [-0.1, -0.05) is 46.8 Å². The monoisotopic (exact) mass is 494 g/mol. The Hall–Kier alpha value is -0.500. The van der Waals surface area contributed by atoms with E-state index in [1.165, 1.54) is 0 Å². The fourth-order valence-electron chi connectivity index (χ4n) is 9.68. The number of rotatable bonds is 6. The van der Waals surface area contributed by atoms with Crippen molar-refractivity contribution in [3.8, 4) is 0 Å². The van der Waals surface area contributed by atoms with Crippen molar-refractivity contribution in [2.75, 3.05) is 6.61 Å². The molecular formula is C29H50O6. The second-order valence-electron chi connectivity index (χ2n) is 13.5. The van der Waals surface area contributed by atoms with Crippen molar-refractivity contribution in [3.63, 3.8) is 0 Å². The van der Waals surface area contributed by atoms with Crippen LogP contribution in [-0.2, 0) is 0 Å². The zero-order valence-electron chi connectivity index (χ0n) is 22.3. The van der Waals surface area contributed by atoms with E-state index in [0.717, 1.165) is 19.3 Å². The number of allylic oxidation sites excluding steroid dienone is 2. The lowest BCUT2D eigenvalue weighted by atomic mass is 9.42. The lowest BCUT2D eigenvalue weighted by Crippen LogP contribution is -2.68. The molecule has 6 N–H and O–H groups in total. The molecule has 0 aromatic rings. The summed E-state index contributed by atoms with van der Waals surface area (Å²) in [5, 5.41) is 66.2. The van der Waals surface area contributed by atoms with Gasteiger partial charge in [0.05, 0.1) is 30.0 Å². The van der Waals surface area contributed by atoms with E-state index in [-0.39, 0.29) is 48.0 Å². The summed E-state index contributed by atoms with van der Waals surface area (Å²) < 4.78 is 0. The topological polar surface area (TPSA) is 121 Å². The Labute approximate surface area is 211 Å². The lowest BCUT2D eigenvalue weighted by molar-refractivity contribution is -0.263. The van der Waals surface area contributed by atoms with Gasteiger partial charge in [0, 0.05) is 18.9 Å². The number of fused-ring (bicyclic) bond motifs is 5. The molecule has 0 bridgehead atoms. The summed E-state index contributed by atoms with van der Waals surface area (Å²) in [5.41, 5.74) is -2.01. The Bertz CT molecular complexity index is 785. The second kappa shape index (κ2) is 9.67. The van der Waals surface area contributed by atoms with E-state index in [4.69, 9.17) is 0 Å². The fourth-order valence-corrected chi connectivity index (χ4v) is 9.68. The van der Waals surface area contributed by atoms with E-state index in [2.05, 4.69) is 46.8 Å². The summed E-state index contributed by atoms with van der Waals surface area (Å²) in [6.45, 7) is 10.8. The Morgan fingerprint density at radius 1 is 0.914 bits per heavy atom. The highest BCUT2D eigenvalue weighted by molar-refractivity contribution is 5.22. The number of hydrogen-bond donors (Lipinski definition) is 6. The molecule has 0 saturated heterocycles. The maximum absolute atomic E-state index is 12.4. The largest absolute Gasteiger partial charge is 0.396 e. The predicted molar refractivity (Wildman–Crippen MR) is 135 cm³/mol. The van der Waals surface area contributed by atoms with Crippen LogP contribution in [0.15, 0.2) is 12.2 Å². The molecule has 0 aromatic heterocycles. The van der Waals surface area contributed by atoms with Gasteiger partial charge < -0.3 is 30.6 Å². The second-order valence-corrected chi connectivity index (χ2v) is 13.5. The van der Waals surface area contributed by atoms with E-state index in [0.29, 0.717) is 25.2 Å². The number of aliphatic hydroxyl groups is 6. The quantitative estimate of drug-likeness (QED) is 0.316. The van der Waals surface area contributed by atoms with Gasteiger partial charge in [-0.3, -0.25) is 0 Å². The molecule has 13 atom stereocenters. The smallest absolute Gasteiger partial charge is 0.0863 e. The average molecular weight is 495 g/mol. The summed E-state index contributed by atoms with van der Waals surface area (Å²) >= 11 is 0. The molecule has 4 rings (SSSR count). The van der Waals surface area contributed by atoms with Gasteiger partial charge in [-0.15, -0.1) is 0 Å². The molecule has 0 aliphatic heterocycles. The molecule has 0 heterocycles. The minimum absolute atomic E-state index is 0.00332. The summed E-state index contributed by atoms with van der Waals surface area (Å²) in [7, 11) is 0. The van der Waals surface area contributed by atoms with Gasteiger partial charge in [0.25, 0.3) is 0 Å². The highest BCUT2D eigenvalue weighted by atomic mass is 16.3. The van der Waals surface area contributed by atoms with Crippen molar-refractivity contribution in [2.45, 2.75) is 110 Å². The van der Waals surface area contributed by atoms with Crippen LogP contribution in [0.25, 0.3) is 0 Å². The lowest BCUT2D eigenvalue weighted by Gasteiger charge is -2.65. The Balaban J connectivity index is 1.65. The molecule has 0 aromatic carbocycles. The van der Waals surface area contributed by atoms with Crippen LogP contribution in [0.2, 0.25) is 0 Å². The first-order chi connectivity index (χ1) is 16.3. The normalized spacial score (nSPS) is 51.7.